The van der Waals surface area contributed by atoms with Gasteiger partial charge in [0.1, 0.15) is 5.58 Å². The summed E-state index contributed by atoms with van der Waals surface area (Å²) < 4.78 is 14.8. The first kappa shape index (κ1) is 24.6. The van der Waals surface area contributed by atoms with Crippen molar-refractivity contribution in [2.24, 2.45) is 0 Å². The molecule has 3 nitrogen and oxygen atoms in total. The molecule has 48 heavy (non-hydrogen) atoms. The van der Waals surface area contributed by atoms with Crippen LogP contribution in [0.4, 0.5) is 0 Å². The van der Waals surface area contributed by atoms with E-state index < -0.39 is 0 Å². The quantitative estimate of drug-likeness (QED) is 0.153. The van der Waals surface area contributed by atoms with Gasteiger partial charge in [-0.15, -0.1) is 11.3 Å². The molecule has 0 atom stereocenters. The van der Waals surface area contributed by atoms with Gasteiger partial charge in [-0.25, -0.2) is 0 Å². The standard InChI is InChI=1S/C43H25BN2OS/c1-43(2)30-17-6-3-12-24(30)39-35(43)27-16-9-14-23-28-21-29-22-11-5-8-20-33(22)48-41(29)40-36(28)44(46(39)37(23)27)31-18-10-15-26-34-25-13-4-7-19-32(25)47-42(34)45(40)38(26)31/h3-21H,1-2H3. The number of nitrogens with zero attached hydrogens (tertiary/aromatic N) is 2. The summed E-state index contributed by atoms with van der Waals surface area (Å²) in [5.74, 6) is 0. The highest BCUT2D eigenvalue weighted by Gasteiger charge is 2.48. The molecule has 0 amide bonds. The van der Waals surface area contributed by atoms with Gasteiger partial charge in [0.2, 0.25) is 5.71 Å². The van der Waals surface area contributed by atoms with Crippen LogP contribution in [0.1, 0.15) is 25.0 Å². The lowest BCUT2D eigenvalue weighted by atomic mass is 9.45. The van der Waals surface area contributed by atoms with E-state index in [4.69, 9.17) is 4.42 Å². The summed E-state index contributed by atoms with van der Waals surface area (Å²) in [6, 6.07) is 43.0. The van der Waals surface area contributed by atoms with Crippen LogP contribution in [0.15, 0.2) is 120 Å². The van der Waals surface area contributed by atoms with Crippen molar-refractivity contribution in [3.05, 3.63) is 126 Å². The second-order valence-electron chi connectivity index (χ2n) is 14.4. The Morgan fingerprint density at radius 2 is 1.42 bits per heavy atom. The van der Waals surface area contributed by atoms with Crippen molar-refractivity contribution >= 4 is 93.2 Å². The van der Waals surface area contributed by atoms with Gasteiger partial charge in [0, 0.05) is 59.4 Å². The fourth-order valence-corrected chi connectivity index (χ4v) is 11.3. The van der Waals surface area contributed by atoms with Gasteiger partial charge in [0.05, 0.1) is 21.3 Å². The van der Waals surface area contributed by atoms with Crippen molar-refractivity contribution in [3.63, 3.8) is 0 Å². The van der Waals surface area contributed by atoms with Gasteiger partial charge in [-0.1, -0.05) is 111 Å². The number of thiophene rings is 1. The number of aromatic nitrogens is 2. The first-order valence-corrected chi connectivity index (χ1v) is 17.6. The minimum Gasteiger partial charge on any atom is -0.439 e. The minimum absolute atomic E-state index is 0.0224. The Kier molecular flexibility index (Phi) is 3.99. The lowest BCUT2D eigenvalue weighted by Crippen LogP contribution is -2.55. The van der Waals surface area contributed by atoms with E-state index in [-0.39, 0.29) is 12.3 Å². The molecule has 3 aliphatic rings. The molecule has 0 fully saturated rings. The highest BCUT2D eigenvalue weighted by molar-refractivity contribution is 7.26. The summed E-state index contributed by atoms with van der Waals surface area (Å²) in [7, 11) is 0. The Bertz CT molecular complexity index is 3170. The van der Waals surface area contributed by atoms with E-state index >= 15 is 0 Å². The van der Waals surface area contributed by atoms with Crippen molar-refractivity contribution in [1.29, 1.82) is 0 Å². The fraction of sp³-hybridized carbons (Fsp3) is 0.0698. The second-order valence-corrected chi connectivity index (χ2v) is 15.4. The maximum Gasteiger partial charge on any atom is 0.333 e. The van der Waals surface area contributed by atoms with E-state index in [0.717, 1.165) is 11.3 Å². The molecule has 0 saturated heterocycles. The number of fused-ring (bicyclic) bond motifs is 18. The number of furan rings is 1. The van der Waals surface area contributed by atoms with Crippen LogP contribution in [0, 0.1) is 0 Å². The van der Waals surface area contributed by atoms with Crippen LogP contribution < -0.4 is 10.9 Å². The van der Waals surface area contributed by atoms with Crippen molar-refractivity contribution in [2.45, 2.75) is 19.3 Å². The van der Waals surface area contributed by atoms with E-state index in [1.54, 1.807) is 0 Å². The molecule has 10 aromatic rings. The third-order valence-electron chi connectivity index (χ3n) is 11.9. The number of hydrogen-bond donors (Lipinski definition) is 0. The van der Waals surface area contributed by atoms with E-state index in [9.17, 15) is 0 Å². The fourth-order valence-electron chi connectivity index (χ4n) is 10.1. The van der Waals surface area contributed by atoms with Gasteiger partial charge in [-0.3, -0.25) is 4.57 Å². The molecule has 6 aromatic carbocycles. The maximum atomic E-state index is 6.88. The Labute approximate surface area is 279 Å². The largest absolute Gasteiger partial charge is 0.439 e. The molecule has 4 aromatic heterocycles. The third kappa shape index (κ3) is 2.48. The highest BCUT2D eigenvalue weighted by Crippen LogP contribution is 2.56. The molecule has 1 aliphatic carbocycles. The maximum absolute atomic E-state index is 6.88. The summed E-state index contributed by atoms with van der Waals surface area (Å²) in [4.78, 5) is 0. The summed E-state index contributed by atoms with van der Waals surface area (Å²) in [6.07, 6.45) is 0. The zero-order valence-corrected chi connectivity index (χ0v) is 27.1. The molecule has 5 heteroatoms. The number of rotatable bonds is 0. The average Bonchev–Trinajstić information content (AvgIpc) is 3.89. The lowest BCUT2D eigenvalue weighted by Gasteiger charge is -2.34. The smallest absolute Gasteiger partial charge is 0.333 e. The predicted molar refractivity (Wildman–Crippen MR) is 202 cm³/mol. The predicted octanol–water partition coefficient (Wildman–Crippen LogP) is 10.1. The first-order chi connectivity index (χ1) is 23.6. The second kappa shape index (κ2) is 7.78. The van der Waals surface area contributed by atoms with Crippen LogP contribution in [0.3, 0.4) is 0 Å². The van der Waals surface area contributed by atoms with E-state index in [2.05, 4.69) is 138 Å². The van der Waals surface area contributed by atoms with Crippen LogP contribution in [-0.2, 0) is 5.41 Å². The van der Waals surface area contributed by atoms with Gasteiger partial charge in [-0.05, 0) is 45.8 Å². The molecule has 0 spiro atoms. The Hall–Kier alpha value is -5.52. The van der Waals surface area contributed by atoms with Crippen molar-refractivity contribution < 1.29 is 4.42 Å². The van der Waals surface area contributed by atoms with Crippen molar-refractivity contribution in [2.75, 3.05) is 0 Å². The van der Waals surface area contributed by atoms with Gasteiger partial charge >= 0.3 is 6.85 Å². The van der Waals surface area contributed by atoms with Crippen LogP contribution >= 0.6 is 11.3 Å². The molecule has 13 rings (SSSR count). The molecule has 2 aliphatic heterocycles. The Balaban J connectivity index is 1.33. The summed E-state index contributed by atoms with van der Waals surface area (Å²) in [5.41, 5.74) is 16.7. The number of para-hydroxylation sites is 3. The van der Waals surface area contributed by atoms with Crippen molar-refractivity contribution in [3.8, 4) is 28.1 Å². The van der Waals surface area contributed by atoms with Gasteiger partial charge < -0.3 is 8.90 Å². The van der Waals surface area contributed by atoms with Gasteiger partial charge in [-0.2, -0.15) is 0 Å². The van der Waals surface area contributed by atoms with E-state index in [1.165, 1.54) is 103 Å². The number of benzene rings is 6. The molecule has 6 heterocycles. The van der Waals surface area contributed by atoms with Crippen LogP contribution in [-0.4, -0.2) is 15.9 Å². The molecule has 0 unspecified atom stereocenters. The molecular weight excluding hydrogens is 603 g/mol. The van der Waals surface area contributed by atoms with Crippen molar-refractivity contribution in [1.82, 2.24) is 9.05 Å². The first-order valence-electron chi connectivity index (χ1n) is 16.8. The molecule has 0 N–H and O–H groups in total. The van der Waals surface area contributed by atoms with Crippen LogP contribution in [0.25, 0.3) is 92.1 Å². The molecule has 222 valence electrons. The van der Waals surface area contributed by atoms with Crippen LogP contribution in [0.2, 0.25) is 0 Å². The Morgan fingerprint density at radius 1 is 0.667 bits per heavy atom. The molecule has 0 saturated carbocycles. The summed E-state index contributed by atoms with van der Waals surface area (Å²) >= 11 is 1.92. The lowest BCUT2D eigenvalue weighted by molar-refractivity contribution is 0.646. The van der Waals surface area contributed by atoms with E-state index in [0.29, 0.717) is 0 Å². The van der Waals surface area contributed by atoms with E-state index in [1.807, 2.05) is 11.3 Å². The summed E-state index contributed by atoms with van der Waals surface area (Å²) in [5, 5.41) is 7.66. The molecular formula is C43H25BN2OS. The molecule has 0 radical (unpaired) electrons. The van der Waals surface area contributed by atoms with Gasteiger partial charge in [0.25, 0.3) is 0 Å². The average molecular weight is 629 g/mol. The van der Waals surface area contributed by atoms with Gasteiger partial charge in [0.15, 0.2) is 0 Å². The normalized spacial score (nSPS) is 15.0. The zero-order chi connectivity index (χ0) is 31.2. The molecule has 0 bridgehead atoms. The monoisotopic (exact) mass is 628 g/mol. The zero-order valence-electron chi connectivity index (χ0n) is 26.3. The highest BCUT2D eigenvalue weighted by atomic mass is 32.1. The SMILES string of the molecule is CC1(C)c2ccccc2-c2c1c1cccc3c1n2B1c2c-3cc3c(sc4ccccc43)c2-n2c3oc4ccccc4c3c3cccc1c32. The summed E-state index contributed by atoms with van der Waals surface area (Å²) in [6.45, 7) is 4.85. The van der Waals surface area contributed by atoms with Crippen LogP contribution in [0.5, 0.6) is 0 Å². The Morgan fingerprint density at radius 3 is 2.35 bits per heavy atom. The topological polar surface area (TPSA) is 23.0 Å². The third-order valence-corrected chi connectivity index (χ3v) is 13.1. The number of hydrogen-bond acceptors (Lipinski definition) is 2. The minimum atomic E-state index is -0.108.